The Morgan fingerprint density at radius 1 is 1.37 bits per heavy atom. The lowest BCUT2D eigenvalue weighted by molar-refractivity contribution is 0.252. The number of urea groups is 1. The summed E-state index contributed by atoms with van der Waals surface area (Å²) in [6.45, 7) is 4.60. The Kier molecular flexibility index (Phi) is 6.93. The molecule has 0 aliphatic carbocycles. The van der Waals surface area contributed by atoms with Crippen molar-refractivity contribution in [3.8, 4) is 0 Å². The molecule has 0 aliphatic heterocycles. The molecule has 0 aliphatic rings. The van der Waals surface area contributed by atoms with Crippen molar-refractivity contribution in [2.75, 3.05) is 23.9 Å². The number of carbonyl (C=O) groups excluding carboxylic acids is 1. The van der Waals surface area contributed by atoms with Gasteiger partial charge >= 0.3 is 6.03 Å². The minimum Gasteiger partial charge on any atom is -0.337 e. The molecule has 0 aromatic carbocycles. The van der Waals surface area contributed by atoms with Crippen LogP contribution in [0.2, 0.25) is 0 Å². The van der Waals surface area contributed by atoms with E-state index in [9.17, 15) is 9.00 Å². The Hall–Kier alpha value is -1.02. The SMILES string of the molecule is CCC(CC)c1nnc(NC(=O)NCCS(C)=O)s1. The van der Waals surface area contributed by atoms with Gasteiger partial charge in [0.1, 0.15) is 5.01 Å². The highest BCUT2D eigenvalue weighted by atomic mass is 32.2. The molecule has 0 saturated carbocycles. The number of amides is 2. The molecule has 6 nitrogen and oxygen atoms in total. The van der Waals surface area contributed by atoms with E-state index in [1.807, 2.05) is 0 Å². The van der Waals surface area contributed by atoms with Crippen LogP contribution in [0.15, 0.2) is 0 Å². The van der Waals surface area contributed by atoms with E-state index in [4.69, 9.17) is 0 Å². The molecule has 108 valence electrons. The summed E-state index contributed by atoms with van der Waals surface area (Å²) in [5.74, 6) is 0.848. The quantitative estimate of drug-likeness (QED) is 0.806. The maximum absolute atomic E-state index is 11.5. The van der Waals surface area contributed by atoms with Gasteiger partial charge in [-0.3, -0.25) is 9.53 Å². The second-order valence-electron chi connectivity index (χ2n) is 4.12. The molecule has 2 N–H and O–H groups in total. The van der Waals surface area contributed by atoms with Crippen LogP contribution >= 0.6 is 11.3 Å². The molecule has 19 heavy (non-hydrogen) atoms. The van der Waals surface area contributed by atoms with E-state index in [2.05, 4.69) is 34.7 Å². The second-order valence-corrected chi connectivity index (χ2v) is 6.68. The molecule has 0 spiro atoms. The third-order valence-electron chi connectivity index (χ3n) is 2.67. The number of anilines is 1. The standard InChI is InChI=1S/C11H20N4O2S2/c1-4-8(5-2)9-14-15-11(18-9)13-10(16)12-6-7-19(3)17/h8H,4-7H2,1-3H3,(H2,12,13,15,16). The summed E-state index contributed by atoms with van der Waals surface area (Å²) in [4.78, 5) is 11.5. The van der Waals surface area contributed by atoms with Crippen molar-refractivity contribution >= 4 is 33.3 Å². The summed E-state index contributed by atoms with van der Waals surface area (Å²) in [5.41, 5.74) is 0. The zero-order valence-electron chi connectivity index (χ0n) is 11.4. The Balaban J connectivity index is 2.44. The lowest BCUT2D eigenvalue weighted by atomic mass is 10.1. The van der Waals surface area contributed by atoms with Crippen LogP contribution in [0.1, 0.15) is 37.6 Å². The fourth-order valence-corrected chi connectivity index (χ4v) is 2.93. The predicted molar refractivity (Wildman–Crippen MR) is 79.2 cm³/mol. The Labute approximate surface area is 119 Å². The van der Waals surface area contributed by atoms with Gasteiger partial charge in [0.15, 0.2) is 0 Å². The molecule has 2 amide bonds. The highest BCUT2D eigenvalue weighted by molar-refractivity contribution is 7.84. The second kappa shape index (κ2) is 8.21. The number of carbonyl (C=O) groups is 1. The van der Waals surface area contributed by atoms with E-state index in [-0.39, 0.29) is 6.03 Å². The monoisotopic (exact) mass is 304 g/mol. The Morgan fingerprint density at radius 3 is 2.63 bits per heavy atom. The van der Waals surface area contributed by atoms with E-state index in [1.165, 1.54) is 11.3 Å². The summed E-state index contributed by atoms with van der Waals surface area (Å²) in [7, 11) is -0.901. The van der Waals surface area contributed by atoms with Gasteiger partial charge in [0, 0.05) is 35.3 Å². The molecule has 8 heteroatoms. The van der Waals surface area contributed by atoms with Crippen LogP contribution < -0.4 is 10.6 Å². The maximum atomic E-state index is 11.5. The molecule has 1 rings (SSSR count). The molecule has 1 unspecified atom stereocenters. The van der Waals surface area contributed by atoms with Crippen LogP contribution in [0.4, 0.5) is 9.93 Å². The van der Waals surface area contributed by atoms with Crippen molar-refractivity contribution in [2.45, 2.75) is 32.6 Å². The minimum absolute atomic E-state index is 0.335. The van der Waals surface area contributed by atoms with Crippen molar-refractivity contribution in [2.24, 2.45) is 0 Å². The van der Waals surface area contributed by atoms with Crippen LogP contribution in [0.25, 0.3) is 0 Å². The van der Waals surface area contributed by atoms with Crippen molar-refractivity contribution < 1.29 is 9.00 Å². The highest BCUT2D eigenvalue weighted by Gasteiger charge is 2.14. The number of aromatic nitrogens is 2. The summed E-state index contributed by atoms with van der Waals surface area (Å²) < 4.78 is 10.8. The van der Waals surface area contributed by atoms with E-state index in [0.717, 1.165) is 17.8 Å². The third-order valence-corrected chi connectivity index (χ3v) is 4.45. The average molecular weight is 304 g/mol. The van der Waals surface area contributed by atoms with E-state index >= 15 is 0 Å². The third kappa shape index (κ3) is 5.65. The predicted octanol–water partition coefficient (Wildman–Crippen LogP) is 1.94. The molecule has 0 bridgehead atoms. The highest BCUT2D eigenvalue weighted by Crippen LogP contribution is 2.27. The van der Waals surface area contributed by atoms with Gasteiger partial charge in [-0.15, -0.1) is 10.2 Å². The van der Waals surface area contributed by atoms with Crippen LogP contribution in [0.5, 0.6) is 0 Å². The molecule has 0 fully saturated rings. The summed E-state index contributed by atoms with van der Waals surface area (Å²) in [5, 5.41) is 14.8. The summed E-state index contributed by atoms with van der Waals surface area (Å²) in [6, 6.07) is -0.335. The van der Waals surface area contributed by atoms with Gasteiger partial charge in [0.25, 0.3) is 0 Å². The first kappa shape index (κ1) is 16.0. The number of hydrogen-bond donors (Lipinski definition) is 2. The van der Waals surface area contributed by atoms with Crippen LogP contribution in [0.3, 0.4) is 0 Å². The molecular formula is C11H20N4O2S2. The molecular weight excluding hydrogens is 284 g/mol. The first-order valence-corrected chi connectivity index (χ1v) is 8.79. The van der Waals surface area contributed by atoms with Gasteiger partial charge in [0.2, 0.25) is 5.13 Å². The van der Waals surface area contributed by atoms with Crippen LogP contribution in [-0.4, -0.2) is 39.0 Å². The molecule has 1 aromatic heterocycles. The first-order chi connectivity index (χ1) is 9.06. The smallest absolute Gasteiger partial charge is 0.321 e. The molecule has 1 heterocycles. The van der Waals surface area contributed by atoms with Gasteiger partial charge in [-0.25, -0.2) is 4.79 Å². The Bertz CT molecular complexity index is 432. The van der Waals surface area contributed by atoms with E-state index in [0.29, 0.717) is 23.3 Å². The number of nitrogens with one attached hydrogen (secondary N) is 2. The zero-order chi connectivity index (χ0) is 14.3. The van der Waals surface area contributed by atoms with Gasteiger partial charge in [-0.05, 0) is 12.8 Å². The fourth-order valence-electron chi connectivity index (χ4n) is 1.54. The lowest BCUT2D eigenvalue weighted by Gasteiger charge is -2.06. The van der Waals surface area contributed by atoms with Crippen molar-refractivity contribution in [3.05, 3.63) is 5.01 Å². The van der Waals surface area contributed by atoms with Crippen molar-refractivity contribution in [1.82, 2.24) is 15.5 Å². The minimum atomic E-state index is -0.901. The lowest BCUT2D eigenvalue weighted by Crippen LogP contribution is -2.31. The molecule has 1 aromatic rings. The first-order valence-electron chi connectivity index (χ1n) is 6.25. The molecule has 0 radical (unpaired) electrons. The molecule has 1 atom stereocenters. The van der Waals surface area contributed by atoms with Gasteiger partial charge in [0.05, 0.1) is 0 Å². The van der Waals surface area contributed by atoms with Gasteiger partial charge in [-0.2, -0.15) is 0 Å². The Morgan fingerprint density at radius 2 is 2.05 bits per heavy atom. The van der Waals surface area contributed by atoms with Crippen LogP contribution in [-0.2, 0) is 10.8 Å². The van der Waals surface area contributed by atoms with Gasteiger partial charge in [-0.1, -0.05) is 25.2 Å². The topological polar surface area (TPSA) is 84.0 Å². The fraction of sp³-hybridized carbons (Fsp3) is 0.727. The summed E-state index contributed by atoms with van der Waals surface area (Å²) in [6.07, 6.45) is 3.63. The molecule has 0 saturated heterocycles. The maximum Gasteiger partial charge on any atom is 0.321 e. The number of nitrogens with zero attached hydrogens (tertiary/aromatic N) is 2. The number of hydrogen-bond acceptors (Lipinski definition) is 5. The van der Waals surface area contributed by atoms with E-state index in [1.54, 1.807) is 6.26 Å². The summed E-state index contributed by atoms with van der Waals surface area (Å²) >= 11 is 1.40. The zero-order valence-corrected chi connectivity index (χ0v) is 13.1. The van der Waals surface area contributed by atoms with Crippen molar-refractivity contribution in [1.29, 1.82) is 0 Å². The number of rotatable bonds is 7. The normalized spacial score (nSPS) is 12.4. The van der Waals surface area contributed by atoms with Crippen LogP contribution in [0, 0.1) is 0 Å². The van der Waals surface area contributed by atoms with E-state index < -0.39 is 10.8 Å². The van der Waals surface area contributed by atoms with Gasteiger partial charge < -0.3 is 5.32 Å². The largest absolute Gasteiger partial charge is 0.337 e. The van der Waals surface area contributed by atoms with Crippen molar-refractivity contribution in [3.63, 3.8) is 0 Å². The average Bonchev–Trinajstić information content (AvgIpc) is 2.78.